The zero-order valence-corrected chi connectivity index (χ0v) is 15.2. The summed E-state index contributed by atoms with van der Waals surface area (Å²) >= 11 is 5.83. The fraction of sp³-hybridized carbons (Fsp3) is 0.400. The quantitative estimate of drug-likeness (QED) is 0.838. The first-order valence-electron chi connectivity index (χ1n) is 8.97. The molecule has 4 rings (SSSR count). The van der Waals surface area contributed by atoms with Crippen LogP contribution in [0.3, 0.4) is 0 Å². The highest BCUT2D eigenvalue weighted by Gasteiger charge is 2.36. The highest BCUT2D eigenvalue weighted by molar-refractivity contribution is 6.29. The van der Waals surface area contributed by atoms with Gasteiger partial charge in [-0.15, -0.1) is 0 Å². The zero-order valence-electron chi connectivity index (χ0n) is 14.4. The Morgan fingerprint density at radius 1 is 1.19 bits per heavy atom. The summed E-state index contributed by atoms with van der Waals surface area (Å²) in [6.45, 7) is 0.202. The van der Waals surface area contributed by atoms with Gasteiger partial charge in [-0.05, 0) is 48.6 Å². The number of hydrogen-bond acceptors (Lipinski definition) is 4. The van der Waals surface area contributed by atoms with E-state index in [4.69, 9.17) is 16.3 Å². The van der Waals surface area contributed by atoms with Gasteiger partial charge in [0.05, 0.1) is 17.7 Å². The summed E-state index contributed by atoms with van der Waals surface area (Å²) in [5.74, 6) is 0.544. The Morgan fingerprint density at radius 3 is 2.77 bits per heavy atom. The first-order valence-corrected chi connectivity index (χ1v) is 9.35. The number of halogens is 1. The number of aliphatic hydroxyl groups excluding tert-OH is 1. The van der Waals surface area contributed by atoms with Gasteiger partial charge in [-0.2, -0.15) is 0 Å². The highest BCUT2D eigenvalue weighted by Crippen LogP contribution is 2.31. The summed E-state index contributed by atoms with van der Waals surface area (Å²) < 4.78 is 5.79. The molecule has 1 N–H and O–H groups in total. The molecule has 136 valence electrons. The summed E-state index contributed by atoms with van der Waals surface area (Å²) in [7, 11) is 0. The standard InChI is InChI=1S/C20H21ClN2O3/c21-19-8-6-14(11-22-19)9-13-5-7-18-15(10-13)20(25)23(12-26-18)16-3-1-2-4-17(16)24/h5-8,10-11,16-17,24H,1-4,9,12H2/t16-,17-/m0/s1. The largest absolute Gasteiger partial charge is 0.472 e. The van der Waals surface area contributed by atoms with E-state index in [0.29, 0.717) is 22.9 Å². The van der Waals surface area contributed by atoms with Gasteiger partial charge in [0.15, 0.2) is 6.73 Å². The maximum absolute atomic E-state index is 13.0. The Kier molecular flexibility index (Phi) is 4.83. The van der Waals surface area contributed by atoms with Crippen molar-refractivity contribution in [3.8, 4) is 5.75 Å². The second kappa shape index (κ2) is 7.25. The number of amides is 1. The van der Waals surface area contributed by atoms with Crippen molar-refractivity contribution in [1.29, 1.82) is 0 Å². The number of carbonyl (C=O) groups excluding carboxylic acids is 1. The molecule has 26 heavy (non-hydrogen) atoms. The Hall–Kier alpha value is -2.11. The van der Waals surface area contributed by atoms with Gasteiger partial charge in [-0.3, -0.25) is 9.69 Å². The van der Waals surface area contributed by atoms with E-state index in [1.165, 1.54) is 0 Å². The molecule has 1 aromatic carbocycles. The first-order chi connectivity index (χ1) is 12.6. The van der Waals surface area contributed by atoms with E-state index in [2.05, 4.69) is 4.98 Å². The Labute approximate surface area is 157 Å². The van der Waals surface area contributed by atoms with Crippen LogP contribution in [0.5, 0.6) is 5.75 Å². The van der Waals surface area contributed by atoms with Crippen molar-refractivity contribution < 1.29 is 14.6 Å². The van der Waals surface area contributed by atoms with E-state index < -0.39 is 6.10 Å². The molecule has 2 aliphatic rings. The topological polar surface area (TPSA) is 62.7 Å². The van der Waals surface area contributed by atoms with E-state index in [1.807, 2.05) is 24.3 Å². The number of pyridine rings is 1. The molecule has 0 spiro atoms. The van der Waals surface area contributed by atoms with Crippen LogP contribution < -0.4 is 4.74 Å². The average molecular weight is 373 g/mol. The molecule has 1 aromatic heterocycles. The summed E-state index contributed by atoms with van der Waals surface area (Å²) in [4.78, 5) is 18.8. The van der Waals surface area contributed by atoms with Crippen LogP contribution >= 0.6 is 11.6 Å². The predicted molar refractivity (Wildman–Crippen MR) is 98.4 cm³/mol. The average Bonchev–Trinajstić information content (AvgIpc) is 2.65. The smallest absolute Gasteiger partial charge is 0.260 e. The second-order valence-electron chi connectivity index (χ2n) is 6.96. The fourth-order valence-corrected chi connectivity index (χ4v) is 3.89. The van der Waals surface area contributed by atoms with Crippen molar-refractivity contribution in [2.45, 2.75) is 44.2 Å². The van der Waals surface area contributed by atoms with Crippen LogP contribution in [0.2, 0.25) is 5.15 Å². The van der Waals surface area contributed by atoms with Crippen LogP contribution in [0.4, 0.5) is 0 Å². The van der Waals surface area contributed by atoms with E-state index in [9.17, 15) is 9.90 Å². The number of rotatable bonds is 3. The molecule has 2 aromatic rings. The van der Waals surface area contributed by atoms with Crippen LogP contribution in [0.15, 0.2) is 36.5 Å². The van der Waals surface area contributed by atoms with Crippen molar-refractivity contribution >= 4 is 17.5 Å². The summed E-state index contributed by atoms with van der Waals surface area (Å²) in [6.07, 6.45) is 5.54. The van der Waals surface area contributed by atoms with Gasteiger partial charge in [0.2, 0.25) is 0 Å². The minimum absolute atomic E-state index is 0.0618. The maximum Gasteiger partial charge on any atom is 0.260 e. The van der Waals surface area contributed by atoms with Crippen molar-refractivity contribution in [3.63, 3.8) is 0 Å². The number of fused-ring (bicyclic) bond motifs is 1. The van der Waals surface area contributed by atoms with Gasteiger partial charge in [0.25, 0.3) is 5.91 Å². The number of carbonyl (C=O) groups is 1. The Balaban J connectivity index is 1.56. The van der Waals surface area contributed by atoms with Gasteiger partial charge in [-0.25, -0.2) is 4.98 Å². The lowest BCUT2D eigenvalue weighted by Gasteiger charge is -2.39. The number of aliphatic hydroxyl groups is 1. The summed E-state index contributed by atoms with van der Waals surface area (Å²) in [5.41, 5.74) is 2.60. The number of benzene rings is 1. The molecule has 0 saturated heterocycles. The third kappa shape index (κ3) is 3.41. The number of hydrogen-bond donors (Lipinski definition) is 1. The number of nitrogens with zero attached hydrogens (tertiary/aromatic N) is 2. The lowest BCUT2D eigenvalue weighted by molar-refractivity contribution is -0.0124. The SMILES string of the molecule is O=C1c2cc(Cc3ccc(Cl)nc3)ccc2OCN1[C@H]1CCCC[C@@H]1O. The zero-order chi connectivity index (χ0) is 18.1. The van der Waals surface area contributed by atoms with E-state index in [-0.39, 0.29) is 18.7 Å². The first kappa shape index (κ1) is 17.3. The molecular weight excluding hydrogens is 352 g/mol. The number of ether oxygens (including phenoxy) is 1. The van der Waals surface area contributed by atoms with Gasteiger partial charge < -0.3 is 9.84 Å². The molecule has 2 atom stereocenters. The fourth-order valence-electron chi connectivity index (χ4n) is 3.78. The van der Waals surface area contributed by atoms with E-state index in [0.717, 1.165) is 36.8 Å². The molecule has 0 unspecified atom stereocenters. The minimum Gasteiger partial charge on any atom is -0.472 e. The van der Waals surface area contributed by atoms with Crippen molar-refractivity contribution in [2.75, 3.05) is 6.73 Å². The van der Waals surface area contributed by atoms with Crippen LogP contribution in [-0.4, -0.2) is 39.8 Å². The Bertz CT molecular complexity index is 809. The lowest BCUT2D eigenvalue weighted by Crippen LogP contribution is -2.51. The van der Waals surface area contributed by atoms with Gasteiger partial charge in [0, 0.05) is 6.20 Å². The molecule has 0 bridgehead atoms. The van der Waals surface area contributed by atoms with E-state index >= 15 is 0 Å². The molecule has 6 heteroatoms. The normalized spacial score (nSPS) is 22.7. The molecule has 0 radical (unpaired) electrons. The highest BCUT2D eigenvalue weighted by atomic mass is 35.5. The molecule has 2 heterocycles. The monoisotopic (exact) mass is 372 g/mol. The van der Waals surface area contributed by atoms with Crippen molar-refractivity contribution in [1.82, 2.24) is 9.88 Å². The molecule has 1 saturated carbocycles. The summed E-state index contributed by atoms with van der Waals surface area (Å²) in [6, 6.07) is 9.22. The van der Waals surface area contributed by atoms with Gasteiger partial charge >= 0.3 is 0 Å². The van der Waals surface area contributed by atoms with Crippen molar-refractivity contribution in [3.05, 3.63) is 58.4 Å². The molecule has 1 fully saturated rings. The van der Waals surface area contributed by atoms with Crippen LogP contribution in [-0.2, 0) is 6.42 Å². The molecule has 1 aliphatic carbocycles. The van der Waals surface area contributed by atoms with E-state index in [1.54, 1.807) is 17.2 Å². The third-order valence-corrected chi connectivity index (χ3v) is 5.41. The molecule has 1 aliphatic heterocycles. The van der Waals surface area contributed by atoms with Gasteiger partial charge in [-0.1, -0.05) is 36.6 Å². The lowest BCUT2D eigenvalue weighted by atomic mass is 9.90. The summed E-state index contributed by atoms with van der Waals surface area (Å²) in [5, 5.41) is 10.8. The predicted octanol–water partition coefficient (Wildman–Crippen LogP) is 3.42. The molecular formula is C20H21ClN2O3. The third-order valence-electron chi connectivity index (χ3n) is 5.19. The van der Waals surface area contributed by atoms with Crippen LogP contribution in [0, 0.1) is 0 Å². The minimum atomic E-state index is -0.471. The Morgan fingerprint density at radius 2 is 2.00 bits per heavy atom. The van der Waals surface area contributed by atoms with Gasteiger partial charge in [0.1, 0.15) is 10.9 Å². The van der Waals surface area contributed by atoms with Crippen molar-refractivity contribution in [2.24, 2.45) is 0 Å². The van der Waals surface area contributed by atoms with Crippen LogP contribution in [0.25, 0.3) is 0 Å². The van der Waals surface area contributed by atoms with Crippen LogP contribution in [0.1, 0.15) is 47.2 Å². The maximum atomic E-state index is 13.0. The molecule has 1 amide bonds. The second-order valence-corrected chi connectivity index (χ2v) is 7.35. The number of aromatic nitrogens is 1. The molecule has 5 nitrogen and oxygen atoms in total.